The Morgan fingerprint density at radius 2 is 2.36 bits per heavy atom. The lowest BCUT2D eigenvalue weighted by Crippen LogP contribution is -2.04. The van der Waals surface area contributed by atoms with Crippen molar-refractivity contribution in [3.63, 3.8) is 0 Å². The first kappa shape index (κ1) is 9.97. The smallest absolute Gasteiger partial charge is 0.135 e. The number of rotatable bonds is 2. The van der Waals surface area contributed by atoms with Gasteiger partial charge in [-0.25, -0.2) is 4.68 Å². The Kier molecular flexibility index (Phi) is 2.78. The topological polar surface area (TPSA) is 43.8 Å². The molecule has 74 valence electrons. The van der Waals surface area contributed by atoms with Crippen LogP contribution in [0, 0.1) is 10.5 Å². The van der Waals surface area contributed by atoms with E-state index in [1.807, 2.05) is 4.68 Å². The van der Waals surface area contributed by atoms with E-state index in [1.165, 1.54) is 9.75 Å². The third-order valence-corrected chi connectivity index (χ3v) is 3.75. The molecule has 0 spiro atoms. The molecule has 3 nitrogen and oxygen atoms in total. The highest BCUT2D eigenvalue weighted by atomic mass is 127. The molecule has 2 aromatic rings. The molecule has 0 aliphatic rings. The monoisotopic (exact) mass is 319 g/mol. The van der Waals surface area contributed by atoms with Crippen LogP contribution in [0.5, 0.6) is 0 Å². The van der Waals surface area contributed by atoms with Crippen molar-refractivity contribution in [1.29, 1.82) is 0 Å². The number of nitrogens with zero attached hydrogens (tertiary/aromatic N) is 2. The fraction of sp³-hybridized carbons (Fsp3) is 0.222. The zero-order chi connectivity index (χ0) is 10.1. The van der Waals surface area contributed by atoms with Crippen molar-refractivity contribution in [3.8, 4) is 0 Å². The molecule has 0 radical (unpaired) electrons. The molecule has 2 rings (SSSR count). The van der Waals surface area contributed by atoms with Crippen LogP contribution in [0.25, 0.3) is 0 Å². The summed E-state index contributed by atoms with van der Waals surface area (Å²) in [4.78, 5) is 2.61. The molecule has 0 aromatic carbocycles. The molecule has 2 N–H and O–H groups in total. The van der Waals surface area contributed by atoms with Gasteiger partial charge < -0.3 is 5.73 Å². The van der Waals surface area contributed by atoms with E-state index in [1.54, 1.807) is 17.5 Å². The number of nitrogen functional groups attached to an aromatic ring is 1. The minimum atomic E-state index is 0.747. The van der Waals surface area contributed by atoms with Crippen LogP contribution in [0.4, 0.5) is 5.82 Å². The first-order valence-corrected chi connectivity index (χ1v) is 6.08. The van der Waals surface area contributed by atoms with Crippen LogP contribution in [0.1, 0.15) is 9.75 Å². The Bertz CT molecular complexity index is 447. The molecule has 0 bridgehead atoms. The average Bonchev–Trinajstić information content (AvgIpc) is 2.67. The van der Waals surface area contributed by atoms with Gasteiger partial charge in [0.25, 0.3) is 0 Å². The summed E-state index contributed by atoms with van der Waals surface area (Å²) in [6, 6.07) is 4.23. The Morgan fingerprint density at radius 1 is 1.57 bits per heavy atom. The number of hydrogen-bond donors (Lipinski definition) is 1. The molecule has 0 unspecified atom stereocenters. The van der Waals surface area contributed by atoms with Crippen LogP contribution >= 0.6 is 33.9 Å². The molecule has 0 saturated carbocycles. The van der Waals surface area contributed by atoms with Gasteiger partial charge in [0.15, 0.2) is 0 Å². The first-order valence-electron chi connectivity index (χ1n) is 4.19. The van der Waals surface area contributed by atoms with Crippen molar-refractivity contribution in [2.45, 2.75) is 13.5 Å². The fourth-order valence-corrected chi connectivity index (χ4v) is 2.49. The van der Waals surface area contributed by atoms with Crippen LogP contribution in [-0.2, 0) is 6.54 Å². The van der Waals surface area contributed by atoms with E-state index >= 15 is 0 Å². The maximum atomic E-state index is 5.85. The van der Waals surface area contributed by atoms with E-state index in [0.717, 1.165) is 15.9 Å². The van der Waals surface area contributed by atoms with Crippen molar-refractivity contribution < 1.29 is 0 Å². The summed E-state index contributed by atoms with van der Waals surface area (Å²) < 4.78 is 2.84. The minimum absolute atomic E-state index is 0.747. The summed E-state index contributed by atoms with van der Waals surface area (Å²) in [5.41, 5.74) is 5.85. The summed E-state index contributed by atoms with van der Waals surface area (Å²) in [6.45, 7) is 2.87. The van der Waals surface area contributed by atoms with Crippen LogP contribution in [0.15, 0.2) is 18.3 Å². The molecule has 2 aromatic heterocycles. The van der Waals surface area contributed by atoms with Crippen LogP contribution in [-0.4, -0.2) is 9.78 Å². The summed E-state index contributed by atoms with van der Waals surface area (Å²) in [7, 11) is 0. The van der Waals surface area contributed by atoms with Gasteiger partial charge in [-0.15, -0.1) is 11.3 Å². The molecule has 5 heteroatoms. The van der Waals surface area contributed by atoms with Gasteiger partial charge in [-0.05, 0) is 41.6 Å². The highest BCUT2D eigenvalue weighted by Crippen LogP contribution is 2.19. The van der Waals surface area contributed by atoms with Gasteiger partial charge in [0.2, 0.25) is 0 Å². The molecule has 0 aliphatic heterocycles. The summed E-state index contributed by atoms with van der Waals surface area (Å²) in [6.07, 6.45) is 1.79. The molecule has 0 atom stereocenters. The van der Waals surface area contributed by atoms with Crippen LogP contribution in [0.2, 0.25) is 0 Å². The third-order valence-electron chi connectivity index (χ3n) is 1.93. The van der Waals surface area contributed by atoms with E-state index in [4.69, 9.17) is 5.73 Å². The lowest BCUT2D eigenvalue weighted by molar-refractivity contribution is 0.705. The van der Waals surface area contributed by atoms with Gasteiger partial charge in [0, 0.05) is 9.75 Å². The zero-order valence-electron chi connectivity index (χ0n) is 7.70. The predicted octanol–water partition coefficient (Wildman–Crippen LogP) is 2.49. The van der Waals surface area contributed by atoms with E-state index in [2.05, 4.69) is 46.7 Å². The molecule has 0 saturated heterocycles. The summed E-state index contributed by atoms with van der Waals surface area (Å²) >= 11 is 3.97. The molecule has 2 heterocycles. The number of hydrogen-bond acceptors (Lipinski definition) is 3. The molecule has 0 aliphatic carbocycles. The number of halogens is 1. The molecule has 0 fully saturated rings. The maximum Gasteiger partial charge on any atom is 0.135 e. The number of aromatic nitrogens is 2. The predicted molar refractivity (Wildman–Crippen MR) is 67.5 cm³/mol. The van der Waals surface area contributed by atoms with Gasteiger partial charge in [-0.2, -0.15) is 5.10 Å². The van der Waals surface area contributed by atoms with Gasteiger partial charge in [-0.1, -0.05) is 0 Å². The normalized spacial score (nSPS) is 10.7. The Balaban J connectivity index is 2.22. The molecular weight excluding hydrogens is 309 g/mol. The van der Waals surface area contributed by atoms with Gasteiger partial charge in [0.05, 0.1) is 16.3 Å². The van der Waals surface area contributed by atoms with Crippen LogP contribution < -0.4 is 5.73 Å². The van der Waals surface area contributed by atoms with Crippen molar-refractivity contribution >= 4 is 39.7 Å². The Morgan fingerprint density at radius 3 is 2.86 bits per heavy atom. The lowest BCUT2D eigenvalue weighted by Gasteiger charge is -2.01. The van der Waals surface area contributed by atoms with Crippen molar-refractivity contribution in [2.24, 2.45) is 0 Å². The van der Waals surface area contributed by atoms with Gasteiger partial charge in [0.1, 0.15) is 5.82 Å². The summed E-state index contributed by atoms with van der Waals surface area (Å²) in [5.74, 6) is 0.747. The second-order valence-corrected chi connectivity index (χ2v) is 5.58. The third kappa shape index (κ3) is 1.93. The van der Waals surface area contributed by atoms with Crippen molar-refractivity contribution in [2.75, 3.05) is 5.73 Å². The quantitative estimate of drug-likeness (QED) is 0.865. The standard InChI is InChI=1S/C9H10IN3S/c1-6-2-3-7(14-6)5-13-9(11)8(10)4-12-13/h2-4H,5,11H2,1H3. The lowest BCUT2D eigenvalue weighted by atomic mass is 10.4. The first-order chi connectivity index (χ1) is 6.66. The number of aryl methyl sites for hydroxylation is 1. The highest BCUT2D eigenvalue weighted by molar-refractivity contribution is 14.1. The molecule has 0 amide bonds. The second-order valence-electron chi connectivity index (χ2n) is 3.05. The minimum Gasteiger partial charge on any atom is -0.383 e. The SMILES string of the molecule is Cc1ccc(Cn2ncc(I)c2N)s1. The van der Waals surface area contributed by atoms with Gasteiger partial charge in [-0.3, -0.25) is 0 Å². The largest absolute Gasteiger partial charge is 0.383 e. The van der Waals surface area contributed by atoms with Crippen LogP contribution in [0.3, 0.4) is 0 Å². The average molecular weight is 319 g/mol. The van der Waals surface area contributed by atoms with Crippen molar-refractivity contribution in [3.05, 3.63) is 31.7 Å². The zero-order valence-corrected chi connectivity index (χ0v) is 10.7. The second kappa shape index (κ2) is 3.90. The number of anilines is 1. The van der Waals surface area contributed by atoms with Gasteiger partial charge >= 0.3 is 0 Å². The maximum absolute atomic E-state index is 5.85. The van der Waals surface area contributed by atoms with E-state index in [9.17, 15) is 0 Å². The Hall–Kier alpha value is -0.560. The van der Waals surface area contributed by atoms with E-state index in [0.29, 0.717) is 0 Å². The molecule has 14 heavy (non-hydrogen) atoms. The highest BCUT2D eigenvalue weighted by Gasteiger charge is 2.05. The number of thiophene rings is 1. The fourth-order valence-electron chi connectivity index (χ4n) is 1.22. The van der Waals surface area contributed by atoms with Crippen molar-refractivity contribution in [1.82, 2.24) is 9.78 Å². The summed E-state index contributed by atoms with van der Waals surface area (Å²) in [5, 5.41) is 4.21. The Labute approximate surface area is 100 Å². The molecular formula is C9H10IN3S. The number of nitrogens with two attached hydrogens (primary N) is 1. The van der Waals surface area contributed by atoms with E-state index in [-0.39, 0.29) is 0 Å². The van der Waals surface area contributed by atoms with E-state index < -0.39 is 0 Å².